The van der Waals surface area contributed by atoms with Crippen molar-refractivity contribution in [3.63, 3.8) is 0 Å². The number of carbonyl (C=O) groups is 2. The molecule has 2 heterocycles. The number of pyridine rings is 1. The van der Waals surface area contributed by atoms with Gasteiger partial charge in [-0.3, -0.25) is 19.4 Å². The van der Waals surface area contributed by atoms with Gasteiger partial charge in [-0.15, -0.1) is 0 Å². The van der Waals surface area contributed by atoms with E-state index in [-0.39, 0.29) is 11.4 Å². The summed E-state index contributed by atoms with van der Waals surface area (Å²) in [6.07, 6.45) is 2.29. The van der Waals surface area contributed by atoms with Gasteiger partial charge in [0.25, 0.3) is 0 Å². The number of nitrogens with zero attached hydrogens (tertiary/aromatic N) is 4. The van der Waals surface area contributed by atoms with Crippen LogP contribution in [0.1, 0.15) is 12.8 Å². The third-order valence-electron chi connectivity index (χ3n) is 7.69. The van der Waals surface area contributed by atoms with Crippen LogP contribution in [0, 0.1) is 17.0 Å². The Labute approximate surface area is 250 Å². The zero-order valence-electron chi connectivity index (χ0n) is 24.4. The topological polar surface area (TPSA) is 102 Å². The lowest BCUT2D eigenvalue weighted by Crippen LogP contribution is -2.49. The molecule has 43 heavy (non-hydrogen) atoms. The minimum Gasteiger partial charge on any atom is -0.457 e. The van der Waals surface area contributed by atoms with Crippen molar-refractivity contribution < 1.29 is 23.1 Å². The molecule has 228 valence electrons. The van der Waals surface area contributed by atoms with Crippen LogP contribution in [0.5, 0.6) is 11.5 Å². The maximum absolute atomic E-state index is 15.0. The molecule has 3 aromatic rings. The van der Waals surface area contributed by atoms with Gasteiger partial charge in [-0.2, -0.15) is 0 Å². The van der Waals surface area contributed by atoms with E-state index in [1.165, 1.54) is 36.4 Å². The van der Waals surface area contributed by atoms with E-state index in [0.717, 1.165) is 39.3 Å². The molecule has 1 aliphatic carbocycles. The summed E-state index contributed by atoms with van der Waals surface area (Å²) in [4.78, 5) is 37.1. The number of nitrogens with one attached hydrogen (secondary N) is 3. The van der Waals surface area contributed by atoms with Gasteiger partial charge >= 0.3 is 0 Å². The van der Waals surface area contributed by atoms with Crippen molar-refractivity contribution >= 4 is 29.0 Å². The summed E-state index contributed by atoms with van der Waals surface area (Å²) in [5.74, 6) is -0.867. The van der Waals surface area contributed by atoms with Crippen LogP contribution < -0.4 is 20.7 Å². The van der Waals surface area contributed by atoms with Gasteiger partial charge in [-0.05, 0) is 69.4 Å². The predicted molar refractivity (Wildman–Crippen MR) is 161 cm³/mol. The third-order valence-corrected chi connectivity index (χ3v) is 7.69. The van der Waals surface area contributed by atoms with Gasteiger partial charge in [-0.25, -0.2) is 13.8 Å². The Hall–Kier alpha value is -4.13. The van der Waals surface area contributed by atoms with Gasteiger partial charge in [0.05, 0.1) is 12.4 Å². The van der Waals surface area contributed by atoms with Crippen molar-refractivity contribution in [3.05, 3.63) is 72.4 Å². The fraction of sp³-hybridized carbons (Fsp3) is 0.387. The molecule has 1 saturated heterocycles. The summed E-state index contributed by atoms with van der Waals surface area (Å²) in [6.45, 7) is 6.77. The summed E-state index contributed by atoms with van der Waals surface area (Å²) >= 11 is 0. The Kier molecular flexibility index (Phi) is 9.49. The zero-order chi connectivity index (χ0) is 30.4. The second kappa shape index (κ2) is 13.4. The number of likely N-dealkylation sites (N-methyl/N-ethyl adjacent to an activating group) is 1. The number of benzene rings is 2. The van der Waals surface area contributed by atoms with Crippen LogP contribution in [-0.4, -0.2) is 91.5 Å². The highest BCUT2D eigenvalue weighted by molar-refractivity contribution is 6.16. The number of hydrogen-bond acceptors (Lipinski definition) is 8. The normalized spacial score (nSPS) is 16.5. The lowest BCUT2D eigenvalue weighted by molar-refractivity contribution is -0.131. The van der Waals surface area contributed by atoms with E-state index < -0.39 is 28.9 Å². The van der Waals surface area contributed by atoms with Crippen molar-refractivity contribution in [1.29, 1.82) is 0 Å². The molecule has 10 nitrogen and oxygen atoms in total. The Balaban J connectivity index is 1.11. The Morgan fingerprint density at radius 3 is 2.26 bits per heavy atom. The summed E-state index contributed by atoms with van der Waals surface area (Å²) in [7, 11) is 4.17. The number of anilines is 3. The molecule has 0 atom stereocenters. The lowest BCUT2D eigenvalue weighted by atomic mass is 10.0. The number of piperazine rings is 1. The Bertz CT molecular complexity index is 1430. The van der Waals surface area contributed by atoms with Crippen molar-refractivity contribution in [1.82, 2.24) is 19.7 Å². The summed E-state index contributed by atoms with van der Waals surface area (Å²) in [5.41, 5.74) is -0.977. The molecular formula is C31H37F2N7O3. The predicted octanol–water partition coefficient (Wildman–Crippen LogP) is 4.06. The van der Waals surface area contributed by atoms with Crippen LogP contribution in [-0.2, 0) is 9.59 Å². The van der Waals surface area contributed by atoms with Gasteiger partial charge in [0, 0.05) is 63.3 Å². The minimum absolute atomic E-state index is 0.0582. The molecule has 0 bridgehead atoms. The molecule has 12 heteroatoms. The Morgan fingerprint density at radius 2 is 1.58 bits per heavy atom. The van der Waals surface area contributed by atoms with Crippen LogP contribution in [0.2, 0.25) is 0 Å². The second-order valence-electron chi connectivity index (χ2n) is 11.2. The largest absolute Gasteiger partial charge is 0.457 e. The molecule has 2 aromatic carbocycles. The van der Waals surface area contributed by atoms with Gasteiger partial charge in [0.2, 0.25) is 11.8 Å². The van der Waals surface area contributed by atoms with E-state index in [2.05, 4.69) is 49.7 Å². The number of rotatable bonds is 12. The molecule has 1 aliphatic heterocycles. The molecule has 0 unspecified atom stereocenters. The smallest absolute Gasteiger partial charge is 0.240 e. The summed E-state index contributed by atoms with van der Waals surface area (Å²) in [5, 5.41) is 8.50. The first-order valence-electron chi connectivity index (χ1n) is 14.4. The molecule has 3 N–H and O–H groups in total. The van der Waals surface area contributed by atoms with Crippen molar-refractivity contribution in [2.75, 3.05) is 76.0 Å². The molecule has 5 rings (SSSR count). The van der Waals surface area contributed by atoms with Crippen LogP contribution >= 0.6 is 0 Å². The fourth-order valence-corrected chi connectivity index (χ4v) is 4.78. The standard InChI is InChI=1S/C31H37F2N7O3/c1-38(2)13-14-39-15-17-40(18-16-39)21-35-28-20-25(9-12-34-28)43-24-7-8-27(26(33)19-24)37-30(42)31(10-11-31)29(41)36-23-5-3-22(32)4-6-23/h3-9,12,19-20H,10-11,13-18,21H2,1-2H3,(H,34,35)(H,36,41)(H,37,42). The number of amides is 2. The monoisotopic (exact) mass is 593 g/mol. The average molecular weight is 594 g/mol. The van der Waals surface area contributed by atoms with E-state index in [0.29, 0.717) is 36.8 Å². The SMILES string of the molecule is CN(C)CCN1CCN(CNc2cc(Oc3ccc(NC(=O)C4(C(=O)Nc5ccc(F)cc5)CC4)c(F)c3)ccn2)CC1. The van der Waals surface area contributed by atoms with Crippen LogP contribution in [0.3, 0.4) is 0 Å². The lowest BCUT2D eigenvalue weighted by Gasteiger charge is -2.35. The second-order valence-corrected chi connectivity index (χ2v) is 11.2. The van der Waals surface area contributed by atoms with Gasteiger partial charge < -0.3 is 25.6 Å². The molecule has 0 spiro atoms. The minimum atomic E-state index is -1.30. The molecule has 0 radical (unpaired) electrons. The van der Waals surface area contributed by atoms with E-state index in [9.17, 15) is 18.4 Å². The van der Waals surface area contributed by atoms with Crippen molar-refractivity contribution in [2.24, 2.45) is 5.41 Å². The van der Waals surface area contributed by atoms with Crippen LogP contribution in [0.15, 0.2) is 60.8 Å². The summed E-state index contributed by atoms with van der Waals surface area (Å²) < 4.78 is 34.0. The molecule has 1 aromatic heterocycles. The average Bonchev–Trinajstić information content (AvgIpc) is 3.81. The molecule has 2 fully saturated rings. The quantitative estimate of drug-likeness (QED) is 0.271. The number of hydrogen-bond donors (Lipinski definition) is 3. The molecule has 1 saturated carbocycles. The third kappa shape index (κ3) is 8.04. The maximum Gasteiger partial charge on any atom is 0.240 e. The van der Waals surface area contributed by atoms with Crippen LogP contribution in [0.4, 0.5) is 26.0 Å². The van der Waals surface area contributed by atoms with Gasteiger partial charge in [-0.1, -0.05) is 0 Å². The van der Waals surface area contributed by atoms with Gasteiger partial charge in [0.15, 0.2) is 0 Å². The number of carbonyl (C=O) groups excluding carboxylic acids is 2. The number of halogens is 2. The van der Waals surface area contributed by atoms with Gasteiger partial charge in [0.1, 0.15) is 34.4 Å². The first-order valence-corrected chi connectivity index (χ1v) is 14.4. The van der Waals surface area contributed by atoms with E-state index in [4.69, 9.17) is 4.74 Å². The molecule has 2 aliphatic rings. The van der Waals surface area contributed by atoms with E-state index >= 15 is 0 Å². The van der Waals surface area contributed by atoms with E-state index in [1.807, 2.05) is 0 Å². The zero-order valence-corrected chi connectivity index (χ0v) is 24.4. The van der Waals surface area contributed by atoms with Crippen molar-refractivity contribution in [2.45, 2.75) is 12.8 Å². The fourth-order valence-electron chi connectivity index (χ4n) is 4.78. The van der Waals surface area contributed by atoms with E-state index in [1.54, 1.807) is 24.4 Å². The van der Waals surface area contributed by atoms with Crippen molar-refractivity contribution in [3.8, 4) is 11.5 Å². The number of aromatic nitrogens is 1. The highest BCUT2D eigenvalue weighted by Gasteiger charge is 2.56. The Morgan fingerprint density at radius 1 is 0.907 bits per heavy atom. The maximum atomic E-state index is 15.0. The summed E-state index contributed by atoms with van der Waals surface area (Å²) in [6, 6.07) is 12.8. The first-order chi connectivity index (χ1) is 20.7. The molecular weight excluding hydrogens is 556 g/mol. The molecule has 2 amide bonds. The highest BCUT2D eigenvalue weighted by atomic mass is 19.1. The number of ether oxygens (including phenoxy) is 1. The highest BCUT2D eigenvalue weighted by Crippen LogP contribution is 2.47. The van der Waals surface area contributed by atoms with Crippen LogP contribution in [0.25, 0.3) is 0 Å². The first kappa shape index (κ1) is 30.3.